The van der Waals surface area contributed by atoms with Crippen molar-refractivity contribution in [3.63, 3.8) is 0 Å². The summed E-state index contributed by atoms with van der Waals surface area (Å²) in [5.74, 6) is 0.920. The molecule has 0 bridgehead atoms. The maximum absolute atomic E-state index is 12.4. The quantitative estimate of drug-likeness (QED) is 0.905. The predicted molar refractivity (Wildman–Crippen MR) is 93.7 cm³/mol. The number of methoxy groups -OCH3 is 1. The van der Waals surface area contributed by atoms with Crippen molar-refractivity contribution in [3.05, 3.63) is 54.1 Å². The van der Waals surface area contributed by atoms with E-state index in [9.17, 15) is 9.59 Å². The van der Waals surface area contributed by atoms with Gasteiger partial charge in [0.1, 0.15) is 18.0 Å². The third-order valence-corrected chi connectivity index (χ3v) is 4.02. The van der Waals surface area contributed by atoms with Gasteiger partial charge in [-0.25, -0.2) is 0 Å². The number of amides is 2. The van der Waals surface area contributed by atoms with Gasteiger partial charge in [-0.3, -0.25) is 14.5 Å². The van der Waals surface area contributed by atoms with E-state index in [1.165, 1.54) is 4.90 Å². The topological polar surface area (TPSA) is 67.9 Å². The molecule has 0 spiro atoms. The van der Waals surface area contributed by atoms with Gasteiger partial charge >= 0.3 is 0 Å². The summed E-state index contributed by atoms with van der Waals surface area (Å²) in [6.07, 6.45) is -0.607. The molecular formula is C19H20N2O4. The number of anilines is 1. The van der Waals surface area contributed by atoms with Gasteiger partial charge in [-0.05, 0) is 36.8 Å². The van der Waals surface area contributed by atoms with E-state index in [1.54, 1.807) is 26.2 Å². The van der Waals surface area contributed by atoms with Crippen LogP contribution in [0.1, 0.15) is 12.5 Å². The van der Waals surface area contributed by atoms with E-state index >= 15 is 0 Å². The molecule has 0 aliphatic carbocycles. The van der Waals surface area contributed by atoms with Crippen LogP contribution in [-0.2, 0) is 16.1 Å². The summed E-state index contributed by atoms with van der Waals surface area (Å²) in [7, 11) is 1.61. The highest BCUT2D eigenvalue weighted by Crippen LogP contribution is 2.33. The smallest absolute Gasteiger partial charge is 0.268 e. The summed E-state index contributed by atoms with van der Waals surface area (Å²) < 4.78 is 10.7. The molecule has 3 rings (SSSR count). The van der Waals surface area contributed by atoms with Crippen LogP contribution in [0.5, 0.6) is 11.5 Å². The summed E-state index contributed by atoms with van der Waals surface area (Å²) in [6.45, 7) is 2.03. The van der Waals surface area contributed by atoms with Crippen LogP contribution in [-0.4, -0.2) is 31.6 Å². The molecule has 0 saturated carbocycles. The minimum absolute atomic E-state index is 0.0420. The molecule has 0 radical (unpaired) electrons. The van der Waals surface area contributed by atoms with Crippen LogP contribution in [0.4, 0.5) is 5.69 Å². The molecule has 1 N–H and O–H groups in total. The second kappa shape index (κ2) is 7.25. The summed E-state index contributed by atoms with van der Waals surface area (Å²) in [5, 5.41) is 2.84. The molecule has 0 fully saturated rings. The normalized spacial score (nSPS) is 16.0. The Balaban J connectivity index is 1.64. The van der Waals surface area contributed by atoms with Crippen LogP contribution in [0, 0.1) is 0 Å². The molecule has 1 aliphatic rings. The molecule has 130 valence electrons. The van der Waals surface area contributed by atoms with E-state index in [4.69, 9.17) is 9.47 Å². The molecule has 6 nitrogen and oxygen atoms in total. The molecule has 6 heteroatoms. The minimum Gasteiger partial charge on any atom is -0.497 e. The van der Waals surface area contributed by atoms with Gasteiger partial charge in [0, 0.05) is 6.54 Å². The second-order valence-corrected chi connectivity index (χ2v) is 5.78. The fourth-order valence-corrected chi connectivity index (χ4v) is 2.67. The van der Waals surface area contributed by atoms with E-state index < -0.39 is 6.10 Å². The Morgan fingerprint density at radius 3 is 2.64 bits per heavy atom. The van der Waals surface area contributed by atoms with Crippen molar-refractivity contribution in [2.45, 2.75) is 19.6 Å². The standard InChI is InChI=1S/C19H20N2O4/c1-13-19(23)21(16-5-3-4-6-17(16)25-13)12-18(22)20-11-14-7-9-15(24-2)10-8-14/h3-10,13H,11-12H2,1-2H3,(H,20,22). The number of carbonyl (C=O) groups excluding carboxylic acids is 2. The van der Waals surface area contributed by atoms with Crippen molar-refractivity contribution in [2.24, 2.45) is 0 Å². The summed E-state index contributed by atoms with van der Waals surface area (Å²) in [5.41, 5.74) is 1.57. The lowest BCUT2D eigenvalue weighted by Crippen LogP contribution is -2.48. The summed E-state index contributed by atoms with van der Waals surface area (Å²) >= 11 is 0. The predicted octanol–water partition coefficient (Wildman–Crippen LogP) is 2.13. The minimum atomic E-state index is -0.607. The number of fused-ring (bicyclic) bond motifs is 1. The van der Waals surface area contributed by atoms with Crippen molar-refractivity contribution in [3.8, 4) is 11.5 Å². The largest absolute Gasteiger partial charge is 0.497 e. The molecule has 0 aromatic heterocycles. The number of hydrogen-bond acceptors (Lipinski definition) is 4. The van der Waals surface area contributed by atoms with Gasteiger partial charge in [-0.15, -0.1) is 0 Å². The van der Waals surface area contributed by atoms with Gasteiger partial charge < -0.3 is 14.8 Å². The Bertz CT molecular complexity index is 773. The Kier molecular flexibility index (Phi) is 4.88. The van der Waals surface area contributed by atoms with Crippen LogP contribution in [0.3, 0.4) is 0 Å². The highest BCUT2D eigenvalue weighted by molar-refractivity contribution is 6.03. The number of hydrogen-bond donors (Lipinski definition) is 1. The van der Waals surface area contributed by atoms with Gasteiger partial charge in [-0.1, -0.05) is 24.3 Å². The SMILES string of the molecule is COc1ccc(CNC(=O)CN2C(=O)C(C)Oc3ccccc32)cc1. The van der Waals surface area contributed by atoms with Gasteiger partial charge in [0.15, 0.2) is 6.10 Å². The van der Waals surface area contributed by atoms with E-state index in [0.717, 1.165) is 11.3 Å². The Morgan fingerprint density at radius 1 is 1.20 bits per heavy atom. The fraction of sp³-hybridized carbons (Fsp3) is 0.263. The van der Waals surface area contributed by atoms with Crippen molar-refractivity contribution in [1.29, 1.82) is 0 Å². The number of ether oxygens (including phenoxy) is 2. The average molecular weight is 340 g/mol. The van der Waals surface area contributed by atoms with Crippen LogP contribution in [0.25, 0.3) is 0 Å². The first-order valence-corrected chi connectivity index (χ1v) is 8.05. The highest BCUT2D eigenvalue weighted by Gasteiger charge is 2.32. The number of benzene rings is 2. The van der Waals surface area contributed by atoms with Crippen molar-refractivity contribution < 1.29 is 19.1 Å². The Morgan fingerprint density at radius 2 is 1.92 bits per heavy atom. The number of carbonyl (C=O) groups is 2. The number of nitrogens with one attached hydrogen (secondary N) is 1. The van der Waals surface area contributed by atoms with Crippen molar-refractivity contribution in [2.75, 3.05) is 18.6 Å². The molecule has 1 heterocycles. The fourth-order valence-electron chi connectivity index (χ4n) is 2.67. The van der Waals surface area contributed by atoms with Gasteiger partial charge in [0.05, 0.1) is 12.8 Å². The Hall–Kier alpha value is -3.02. The first kappa shape index (κ1) is 16.8. The lowest BCUT2D eigenvalue weighted by Gasteiger charge is -2.32. The molecular weight excluding hydrogens is 320 g/mol. The molecule has 2 aromatic carbocycles. The molecule has 1 atom stereocenters. The van der Waals surface area contributed by atoms with Crippen molar-refractivity contribution >= 4 is 17.5 Å². The zero-order chi connectivity index (χ0) is 17.8. The lowest BCUT2D eigenvalue weighted by atomic mass is 10.2. The second-order valence-electron chi connectivity index (χ2n) is 5.78. The summed E-state index contributed by atoms with van der Waals surface area (Å²) in [4.78, 5) is 26.1. The third-order valence-electron chi connectivity index (χ3n) is 4.02. The first-order chi connectivity index (χ1) is 12.1. The Labute approximate surface area is 146 Å². The zero-order valence-electron chi connectivity index (χ0n) is 14.2. The average Bonchev–Trinajstić information content (AvgIpc) is 2.64. The van der Waals surface area contributed by atoms with Crippen molar-refractivity contribution in [1.82, 2.24) is 5.32 Å². The van der Waals surface area contributed by atoms with Gasteiger partial charge in [0.2, 0.25) is 5.91 Å². The van der Waals surface area contributed by atoms with E-state index in [-0.39, 0.29) is 18.4 Å². The van der Waals surface area contributed by atoms with E-state index in [0.29, 0.717) is 18.0 Å². The highest BCUT2D eigenvalue weighted by atomic mass is 16.5. The molecule has 1 aliphatic heterocycles. The maximum atomic E-state index is 12.4. The molecule has 0 saturated heterocycles. The number of para-hydroxylation sites is 2. The van der Waals surface area contributed by atoms with Crippen LogP contribution < -0.4 is 19.7 Å². The molecule has 2 aromatic rings. The van der Waals surface area contributed by atoms with Gasteiger partial charge in [-0.2, -0.15) is 0 Å². The molecule has 25 heavy (non-hydrogen) atoms. The first-order valence-electron chi connectivity index (χ1n) is 8.05. The van der Waals surface area contributed by atoms with Gasteiger partial charge in [0.25, 0.3) is 5.91 Å². The molecule has 2 amide bonds. The van der Waals surface area contributed by atoms with E-state index in [1.807, 2.05) is 36.4 Å². The number of rotatable bonds is 5. The van der Waals surface area contributed by atoms with Crippen LogP contribution in [0.2, 0.25) is 0 Å². The maximum Gasteiger partial charge on any atom is 0.268 e. The van der Waals surface area contributed by atoms with Crippen LogP contribution in [0.15, 0.2) is 48.5 Å². The summed E-state index contributed by atoms with van der Waals surface area (Å²) in [6, 6.07) is 14.7. The monoisotopic (exact) mass is 340 g/mol. The van der Waals surface area contributed by atoms with Crippen LogP contribution >= 0.6 is 0 Å². The van der Waals surface area contributed by atoms with E-state index in [2.05, 4.69) is 5.32 Å². The lowest BCUT2D eigenvalue weighted by molar-refractivity contribution is -0.128. The number of nitrogens with zero attached hydrogens (tertiary/aromatic N) is 1. The third kappa shape index (κ3) is 3.74. The molecule has 1 unspecified atom stereocenters. The zero-order valence-corrected chi connectivity index (χ0v) is 14.2.